The summed E-state index contributed by atoms with van der Waals surface area (Å²) in [5.74, 6) is 2.04. The minimum Gasteiger partial charge on any atom is -0.311 e. The van der Waals surface area contributed by atoms with Gasteiger partial charge in [0.2, 0.25) is 0 Å². The van der Waals surface area contributed by atoms with Crippen molar-refractivity contribution in [2.45, 2.75) is 76.8 Å². The average molecular weight is 264 g/mol. The number of hydrogen-bond donors (Lipinski definition) is 1. The molecule has 1 saturated heterocycles. The molecule has 19 heavy (non-hydrogen) atoms. The van der Waals surface area contributed by atoms with E-state index in [1.807, 2.05) is 0 Å². The van der Waals surface area contributed by atoms with E-state index in [9.17, 15) is 0 Å². The lowest BCUT2D eigenvalue weighted by Gasteiger charge is -2.45. The topological polar surface area (TPSA) is 15.3 Å². The monoisotopic (exact) mass is 264 g/mol. The number of rotatable bonds is 5. The molecular formula is C17H32N2. The molecule has 2 unspecified atom stereocenters. The van der Waals surface area contributed by atoms with E-state index in [0.717, 1.165) is 23.9 Å². The van der Waals surface area contributed by atoms with E-state index in [1.165, 1.54) is 77.4 Å². The fraction of sp³-hybridized carbons (Fsp3) is 1.00. The van der Waals surface area contributed by atoms with Crippen LogP contribution in [0.5, 0.6) is 0 Å². The molecule has 0 radical (unpaired) electrons. The number of piperazine rings is 1. The number of nitrogens with one attached hydrogen (secondary N) is 1. The van der Waals surface area contributed by atoms with Crippen molar-refractivity contribution in [3.8, 4) is 0 Å². The molecule has 0 bridgehead atoms. The summed E-state index contributed by atoms with van der Waals surface area (Å²) in [5, 5.41) is 3.85. The van der Waals surface area contributed by atoms with Gasteiger partial charge in [-0.15, -0.1) is 0 Å². The summed E-state index contributed by atoms with van der Waals surface area (Å²) >= 11 is 0. The molecule has 0 aromatic carbocycles. The molecule has 1 heterocycles. The van der Waals surface area contributed by atoms with E-state index in [4.69, 9.17) is 0 Å². The van der Waals surface area contributed by atoms with Crippen LogP contribution in [0.3, 0.4) is 0 Å². The van der Waals surface area contributed by atoms with Gasteiger partial charge in [0.1, 0.15) is 0 Å². The maximum atomic E-state index is 3.85. The molecule has 2 aliphatic carbocycles. The van der Waals surface area contributed by atoms with Crippen LogP contribution in [-0.4, -0.2) is 36.6 Å². The molecule has 3 rings (SSSR count). The Balaban J connectivity index is 1.59. The Bertz CT molecular complexity index is 268. The van der Waals surface area contributed by atoms with Crippen LogP contribution in [-0.2, 0) is 0 Å². The summed E-state index contributed by atoms with van der Waals surface area (Å²) in [6.07, 6.45) is 13.1. The molecule has 110 valence electrons. The van der Waals surface area contributed by atoms with Gasteiger partial charge in [-0.3, -0.25) is 4.90 Å². The summed E-state index contributed by atoms with van der Waals surface area (Å²) in [6.45, 7) is 6.32. The molecule has 0 aromatic heterocycles. The molecule has 2 heteroatoms. The zero-order valence-electron chi connectivity index (χ0n) is 12.7. The van der Waals surface area contributed by atoms with Crippen molar-refractivity contribution in [2.24, 2.45) is 11.8 Å². The first-order chi connectivity index (χ1) is 9.36. The minimum atomic E-state index is 0.767. The van der Waals surface area contributed by atoms with Crippen molar-refractivity contribution in [2.75, 3.05) is 19.6 Å². The molecule has 1 N–H and O–H groups in total. The van der Waals surface area contributed by atoms with Crippen LogP contribution in [0.25, 0.3) is 0 Å². The van der Waals surface area contributed by atoms with E-state index in [0.29, 0.717) is 0 Å². The third-order valence-corrected chi connectivity index (χ3v) is 5.56. The van der Waals surface area contributed by atoms with E-state index >= 15 is 0 Å². The average Bonchev–Trinajstić information content (AvgIpc) is 3.24. The molecule has 2 atom stereocenters. The van der Waals surface area contributed by atoms with Crippen LogP contribution in [0.1, 0.15) is 64.7 Å². The highest BCUT2D eigenvalue weighted by atomic mass is 15.2. The molecule has 0 spiro atoms. The zero-order valence-corrected chi connectivity index (χ0v) is 12.7. The van der Waals surface area contributed by atoms with E-state index in [1.54, 1.807) is 0 Å². The van der Waals surface area contributed by atoms with Gasteiger partial charge in [-0.25, -0.2) is 0 Å². The van der Waals surface area contributed by atoms with Crippen LogP contribution in [0.2, 0.25) is 0 Å². The second-order valence-corrected chi connectivity index (χ2v) is 7.26. The predicted molar refractivity (Wildman–Crippen MR) is 81.4 cm³/mol. The molecule has 3 fully saturated rings. The van der Waals surface area contributed by atoms with Crippen molar-refractivity contribution in [3.63, 3.8) is 0 Å². The minimum absolute atomic E-state index is 0.767. The van der Waals surface area contributed by atoms with Gasteiger partial charge in [-0.05, 0) is 43.9 Å². The SMILES string of the molecule is CCCC1CN(CC2CC2)C(C2CCCCC2)CN1. The summed E-state index contributed by atoms with van der Waals surface area (Å²) in [4.78, 5) is 2.89. The molecule has 2 nitrogen and oxygen atoms in total. The van der Waals surface area contributed by atoms with Gasteiger partial charge in [0.25, 0.3) is 0 Å². The van der Waals surface area contributed by atoms with Gasteiger partial charge in [0.05, 0.1) is 0 Å². The fourth-order valence-electron chi connectivity index (χ4n) is 4.27. The summed E-state index contributed by atoms with van der Waals surface area (Å²) < 4.78 is 0. The van der Waals surface area contributed by atoms with Crippen molar-refractivity contribution in [3.05, 3.63) is 0 Å². The standard InChI is InChI=1S/C17H32N2/c1-2-6-16-13-19(12-14-9-10-14)17(11-18-16)15-7-4-3-5-8-15/h14-18H,2-13H2,1H3. The number of nitrogens with zero attached hydrogens (tertiary/aromatic N) is 1. The van der Waals surface area contributed by atoms with E-state index < -0.39 is 0 Å². The third kappa shape index (κ3) is 3.72. The molecule has 0 aromatic rings. The van der Waals surface area contributed by atoms with Gasteiger partial charge < -0.3 is 5.32 Å². The first kappa shape index (κ1) is 13.9. The van der Waals surface area contributed by atoms with Crippen LogP contribution in [0.15, 0.2) is 0 Å². The first-order valence-corrected chi connectivity index (χ1v) is 8.84. The van der Waals surface area contributed by atoms with Crippen molar-refractivity contribution in [1.82, 2.24) is 10.2 Å². The van der Waals surface area contributed by atoms with Gasteiger partial charge in [0.15, 0.2) is 0 Å². The number of hydrogen-bond acceptors (Lipinski definition) is 2. The maximum Gasteiger partial charge on any atom is 0.0249 e. The van der Waals surface area contributed by atoms with Crippen molar-refractivity contribution in [1.29, 1.82) is 0 Å². The largest absolute Gasteiger partial charge is 0.311 e. The molecule has 1 aliphatic heterocycles. The van der Waals surface area contributed by atoms with Gasteiger partial charge in [-0.2, -0.15) is 0 Å². The van der Waals surface area contributed by atoms with E-state index in [2.05, 4.69) is 17.1 Å². The molecule has 3 aliphatic rings. The Morgan fingerprint density at radius 2 is 1.84 bits per heavy atom. The summed E-state index contributed by atoms with van der Waals surface area (Å²) in [7, 11) is 0. The van der Waals surface area contributed by atoms with Crippen LogP contribution in [0, 0.1) is 11.8 Å². The second-order valence-electron chi connectivity index (χ2n) is 7.26. The van der Waals surface area contributed by atoms with Gasteiger partial charge >= 0.3 is 0 Å². The Kier molecular flexibility index (Phi) is 4.81. The van der Waals surface area contributed by atoms with Crippen LogP contribution in [0.4, 0.5) is 0 Å². The lowest BCUT2D eigenvalue weighted by molar-refractivity contribution is 0.0658. The highest BCUT2D eigenvalue weighted by Gasteiger charge is 2.36. The molecular weight excluding hydrogens is 232 g/mol. The zero-order chi connectivity index (χ0) is 13.1. The smallest absolute Gasteiger partial charge is 0.0249 e. The highest BCUT2D eigenvalue weighted by molar-refractivity contribution is 4.93. The maximum absolute atomic E-state index is 3.85. The van der Waals surface area contributed by atoms with Crippen LogP contribution >= 0.6 is 0 Å². The summed E-state index contributed by atoms with van der Waals surface area (Å²) in [6, 6.07) is 1.62. The second kappa shape index (κ2) is 6.58. The molecule has 0 amide bonds. The fourth-order valence-corrected chi connectivity index (χ4v) is 4.27. The normalized spacial score (nSPS) is 34.6. The predicted octanol–water partition coefficient (Wildman–Crippen LogP) is 3.42. The molecule has 2 saturated carbocycles. The van der Waals surface area contributed by atoms with Crippen molar-refractivity contribution >= 4 is 0 Å². The Hall–Kier alpha value is -0.0800. The summed E-state index contributed by atoms with van der Waals surface area (Å²) in [5.41, 5.74) is 0. The lowest BCUT2D eigenvalue weighted by Crippen LogP contribution is -2.59. The first-order valence-electron chi connectivity index (χ1n) is 8.84. The van der Waals surface area contributed by atoms with Crippen LogP contribution < -0.4 is 5.32 Å². The third-order valence-electron chi connectivity index (χ3n) is 5.56. The highest BCUT2D eigenvalue weighted by Crippen LogP contribution is 2.35. The Morgan fingerprint density at radius 3 is 2.53 bits per heavy atom. The lowest BCUT2D eigenvalue weighted by atomic mass is 9.82. The Labute approximate surface area is 119 Å². The van der Waals surface area contributed by atoms with Crippen molar-refractivity contribution < 1.29 is 0 Å². The van der Waals surface area contributed by atoms with Gasteiger partial charge in [-0.1, -0.05) is 32.6 Å². The Morgan fingerprint density at radius 1 is 1.05 bits per heavy atom. The quantitative estimate of drug-likeness (QED) is 0.818. The van der Waals surface area contributed by atoms with E-state index in [-0.39, 0.29) is 0 Å². The van der Waals surface area contributed by atoms with Gasteiger partial charge in [0, 0.05) is 31.7 Å².